The van der Waals surface area contributed by atoms with E-state index in [4.69, 9.17) is 34.8 Å². The fourth-order valence-electron chi connectivity index (χ4n) is 1.64. The van der Waals surface area contributed by atoms with Crippen LogP contribution >= 0.6 is 34.8 Å². The normalized spacial score (nSPS) is 10.7. The highest BCUT2D eigenvalue weighted by Gasteiger charge is 2.09. The van der Waals surface area contributed by atoms with Gasteiger partial charge in [-0.3, -0.25) is 0 Å². The van der Waals surface area contributed by atoms with Crippen LogP contribution in [-0.4, -0.2) is 9.97 Å². The predicted molar refractivity (Wildman–Crippen MR) is 76.5 cm³/mol. The smallest absolute Gasteiger partial charge is 0.162 e. The lowest BCUT2D eigenvalue weighted by atomic mass is 10.2. The topological polar surface area (TPSA) is 25.8 Å². The van der Waals surface area contributed by atoms with Crippen molar-refractivity contribution in [3.63, 3.8) is 0 Å². The van der Waals surface area contributed by atoms with Gasteiger partial charge in [-0.25, -0.2) is 9.97 Å². The molecule has 0 bridgehead atoms. The van der Waals surface area contributed by atoms with Crippen LogP contribution in [0.2, 0.25) is 15.2 Å². The first kappa shape index (κ1) is 13.6. The molecule has 0 aliphatic carbocycles. The number of halogens is 3. The highest BCUT2D eigenvalue weighted by atomic mass is 35.5. The molecule has 2 aromatic rings. The number of nitrogens with zero attached hydrogens (tertiary/aromatic N) is 2. The van der Waals surface area contributed by atoms with Gasteiger partial charge in [-0.15, -0.1) is 0 Å². The molecule has 0 saturated heterocycles. The van der Waals surface area contributed by atoms with Crippen molar-refractivity contribution in [1.29, 1.82) is 0 Å². The molecule has 0 radical (unpaired) electrons. The molecule has 0 N–H and O–H groups in total. The van der Waals surface area contributed by atoms with Gasteiger partial charge in [0.05, 0.1) is 5.02 Å². The first-order chi connectivity index (χ1) is 8.60. The van der Waals surface area contributed by atoms with Crippen molar-refractivity contribution in [3.8, 4) is 11.4 Å². The Morgan fingerprint density at radius 2 is 1.83 bits per heavy atom. The number of aromatic nitrogens is 2. The number of hydrogen-bond acceptors (Lipinski definition) is 2. The van der Waals surface area contributed by atoms with E-state index in [1.54, 1.807) is 24.3 Å². The van der Waals surface area contributed by atoms with Gasteiger partial charge in [-0.05, 0) is 30.7 Å². The second kappa shape index (κ2) is 5.87. The summed E-state index contributed by atoms with van der Waals surface area (Å²) >= 11 is 18.0. The highest BCUT2D eigenvalue weighted by Crippen LogP contribution is 2.29. The number of aryl methyl sites for hydroxylation is 1. The van der Waals surface area contributed by atoms with Crippen molar-refractivity contribution in [3.05, 3.63) is 45.2 Å². The van der Waals surface area contributed by atoms with E-state index in [9.17, 15) is 0 Å². The summed E-state index contributed by atoms with van der Waals surface area (Å²) in [5, 5.41) is 1.53. The van der Waals surface area contributed by atoms with E-state index >= 15 is 0 Å². The van der Waals surface area contributed by atoms with Crippen LogP contribution in [0, 0.1) is 0 Å². The number of benzene rings is 1. The lowest BCUT2D eigenvalue weighted by Gasteiger charge is -2.06. The molecule has 1 aromatic heterocycles. The minimum Gasteiger partial charge on any atom is -0.233 e. The van der Waals surface area contributed by atoms with E-state index in [-0.39, 0.29) is 0 Å². The molecule has 0 amide bonds. The Bertz CT molecular complexity index is 570. The third-order valence-corrected chi connectivity index (χ3v) is 3.17. The molecular formula is C13H11Cl3N2. The van der Waals surface area contributed by atoms with Gasteiger partial charge in [0.25, 0.3) is 0 Å². The first-order valence-corrected chi connectivity index (χ1v) is 6.72. The predicted octanol–water partition coefficient (Wildman–Crippen LogP) is 5.06. The third-order valence-electron chi connectivity index (χ3n) is 2.43. The second-order valence-electron chi connectivity index (χ2n) is 3.88. The molecule has 0 atom stereocenters. The molecule has 0 saturated carbocycles. The molecule has 0 fully saturated rings. The molecule has 5 heteroatoms. The van der Waals surface area contributed by atoms with E-state index in [1.807, 2.05) is 0 Å². The summed E-state index contributed by atoms with van der Waals surface area (Å²) in [6, 6.07) is 7.00. The zero-order chi connectivity index (χ0) is 13.1. The van der Waals surface area contributed by atoms with Crippen molar-refractivity contribution in [2.75, 3.05) is 0 Å². The molecule has 2 rings (SSSR count). The molecule has 1 aromatic carbocycles. The Hall–Kier alpha value is -0.830. The Balaban J connectivity index is 2.49. The lowest BCUT2D eigenvalue weighted by Crippen LogP contribution is -1.96. The lowest BCUT2D eigenvalue weighted by molar-refractivity contribution is 0.875. The SMILES string of the molecule is CCCc1cc(Cl)nc(-c2ccc(Cl)cc2Cl)n1. The quantitative estimate of drug-likeness (QED) is 0.741. The summed E-state index contributed by atoms with van der Waals surface area (Å²) in [6.45, 7) is 2.09. The molecule has 94 valence electrons. The van der Waals surface area contributed by atoms with Gasteiger partial charge in [-0.2, -0.15) is 0 Å². The van der Waals surface area contributed by atoms with Gasteiger partial charge in [0.15, 0.2) is 5.82 Å². The van der Waals surface area contributed by atoms with Crippen molar-refractivity contribution in [1.82, 2.24) is 9.97 Å². The van der Waals surface area contributed by atoms with Gasteiger partial charge in [-0.1, -0.05) is 48.1 Å². The Morgan fingerprint density at radius 3 is 2.50 bits per heavy atom. The van der Waals surface area contributed by atoms with Crippen molar-refractivity contribution in [2.45, 2.75) is 19.8 Å². The van der Waals surface area contributed by atoms with Crippen LogP contribution in [0.15, 0.2) is 24.3 Å². The monoisotopic (exact) mass is 300 g/mol. The van der Waals surface area contributed by atoms with Gasteiger partial charge < -0.3 is 0 Å². The summed E-state index contributed by atoms with van der Waals surface area (Å²) in [5.41, 5.74) is 1.65. The van der Waals surface area contributed by atoms with Crippen LogP contribution < -0.4 is 0 Å². The van der Waals surface area contributed by atoms with E-state index in [1.165, 1.54) is 0 Å². The van der Waals surface area contributed by atoms with Gasteiger partial charge in [0, 0.05) is 16.3 Å². The van der Waals surface area contributed by atoms with Crippen molar-refractivity contribution in [2.24, 2.45) is 0 Å². The second-order valence-corrected chi connectivity index (χ2v) is 5.11. The molecule has 18 heavy (non-hydrogen) atoms. The summed E-state index contributed by atoms with van der Waals surface area (Å²) < 4.78 is 0. The van der Waals surface area contributed by atoms with Gasteiger partial charge >= 0.3 is 0 Å². The van der Waals surface area contributed by atoms with Crippen molar-refractivity contribution >= 4 is 34.8 Å². The van der Waals surface area contributed by atoms with E-state index in [0.29, 0.717) is 21.0 Å². The Kier molecular flexibility index (Phi) is 4.44. The van der Waals surface area contributed by atoms with Crippen LogP contribution in [0.25, 0.3) is 11.4 Å². The largest absolute Gasteiger partial charge is 0.233 e. The molecule has 1 heterocycles. The zero-order valence-corrected chi connectivity index (χ0v) is 12.0. The number of rotatable bonds is 3. The van der Waals surface area contributed by atoms with E-state index in [0.717, 1.165) is 24.1 Å². The summed E-state index contributed by atoms with van der Waals surface area (Å²) in [6.07, 6.45) is 1.86. The van der Waals surface area contributed by atoms with Crippen molar-refractivity contribution < 1.29 is 0 Å². The fraction of sp³-hybridized carbons (Fsp3) is 0.231. The van der Waals surface area contributed by atoms with E-state index in [2.05, 4.69) is 16.9 Å². The maximum atomic E-state index is 6.14. The molecule has 0 aliphatic rings. The van der Waals surface area contributed by atoms with Crippen LogP contribution in [0.1, 0.15) is 19.0 Å². The standard InChI is InChI=1S/C13H11Cl3N2/c1-2-3-9-7-12(16)18-13(17-9)10-5-4-8(14)6-11(10)15/h4-7H,2-3H2,1H3. The third kappa shape index (κ3) is 3.14. The van der Waals surface area contributed by atoms with Crippen LogP contribution in [0.4, 0.5) is 0 Å². The molecule has 0 unspecified atom stereocenters. The number of hydrogen-bond donors (Lipinski definition) is 0. The minimum atomic E-state index is 0.425. The molecule has 0 aliphatic heterocycles. The Labute approximate surface area is 121 Å². The fourth-order valence-corrected chi connectivity index (χ4v) is 2.34. The minimum absolute atomic E-state index is 0.425. The van der Waals surface area contributed by atoms with E-state index < -0.39 is 0 Å². The molecule has 0 spiro atoms. The van der Waals surface area contributed by atoms with Gasteiger partial charge in [0.1, 0.15) is 5.15 Å². The van der Waals surface area contributed by atoms with Gasteiger partial charge in [0.2, 0.25) is 0 Å². The average molecular weight is 302 g/mol. The maximum absolute atomic E-state index is 6.14. The highest BCUT2D eigenvalue weighted by molar-refractivity contribution is 6.36. The zero-order valence-electron chi connectivity index (χ0n) is 9.75. The average Bonchev–Trinajstić information content (AvgIpc) is 2.28. The van der Waals surface area contributed by atoms with Crippen LogP contribution in [0.3, 0.4) is 0 Å². The summed E-state index contributed by atoms with van der Waals surface area (Å²) in [7, 11) is 0. The Morgan fingerprint density at radius 1 is 1.06 bits per heavy atom. The summed E-state index contributed by atoms with van der Waals surface area (Å²) in [5.74, 6) is 0.535. The van der Waals surface area contributed by atoms with Crippen LogP contribution in [-0.2, 0) is 6.42 Å². The maximum Gasteiger partial charge on any atom is 0.162 e. The summed E-state index contributed by atoms with van der Waals surface area (Å²) in [4.78, 5) is 8.66. The molecular weight excluding hydrogens is 291 g/mol. The first-order valence-electron chi connectivity index (χ1n) is 5.59. The van der Waals surface area contributed by atoms with Crippen LogP contribution in [0.5, 0.6) is 0 Å². The molecule has 2 nitrogen and oxygen atoms in total.